The van der Waals surface area contributed by atoms with Gasteiger partial charge in [-0.1, -0.05) is 41.6 Å². The van der Waals surface area contributed by atoms with Crippen molar-refractivity contribution in [3.05, 3.63) is 74.6 Å². The molecule has 0 aliphatic carbocycles. The molecular formula is C23H23ClN6O4S. The Kier molecular flexibility index (Phi) is 7.37. The standard InChI is InChI=1S/C23H23ClN6O4S/c1-14-6-3-4-7-16(14)22(32)29-11-5-8-19(29)21-26-27-23(28(21)2)35-13-20(31)25-18-12-15(30(33)34)9-10-17(18)24/h3-4,6-7,9-10,12,19H,5,8,11,13H2,1-2H3,(H,25,31). The molecule has 3 aromatic rings. The van der Waals surface area contributed by atoms with Crippen LogP contribution in [-0.4, -0.2) is 48.7 Å². The Morgan fingerprint density at radius 1 is 1.26 bits per heavy atom. The van der Waals surface area contributed by atoms with E-state index in [0.29, 0.717) is 23.1 Å². The molecule has 1 atom stereocenters. The highest BCUT2D eigenvalue weighted by atomic mass is 35.5. The van der Waals surface area contributed by atoms with Gasteiger partial charge in [0.05, 0.1) is 27.4 Å². The number of aromatic nitrogens is 3. The van der Waals surface area contributed by atoms with E-state index in [1.165, 1.54) is 30.0 Å². The molecule has 1 saturated heterocycles. The van der Waals surface area contributed by atoms with E-state index in [1.807, 2.05) is 43.1 Å². The van der Waals surface area contributed by atoms with Gasteiger partial charge < -0.3 is 14.8 Å². The van der Waals surface area contributed by atoms with Crippen LogP contribution < -0.4 is 5.32 Å². The summed E-state index contributed by atoms with van der Waals surface area (Å²) in [6, 6.07) is 11.2. The summed E-state index contributed by atoms with van der Waals surface area (Å²) < 4.78 is 1.80. The minimum atomic E-state index is -0.558. The van der Waals surface area contributed by atoms with E-state index in [9.17, 15) is 19.7 Å². The van der Waals surface area contributed by atoms with Crippen LogP contribution in [0.15, 0.2) is 47.6 Å². The normalized spacial score (nSPS) is 15.3. The molecule has 1 N–H and O–H groups in total. The van der Waals surface area contributed by atoms with Crippen LogP contribution in [0.25, 0.3) is 0 Å². The summed E-state index contributed by atoms with van der Waals surface area (Å²) in [5.41, 5.74) is 1.60. The van der Waals surface area contributed by atoms with Gasteiger partial charge in [-0.15, -0.1) is 10.2 Å². The van der Waals surface area contributed by atoms with Gasteiger partial charge >= 0.3 is 0 Å². The molecule has 182 valence electrons. The average molecular weight is 515 g/mol. The van der Waals surface area contributed by atoms with Crippen molar-refractivity contribution < 1.29 is 14.5 Å². The van der Waals surface area contributed by atoms with Gasteiger partial charge in [-0.05, 0) is 37.5 Å². The molecule has 1 fully saturated rings. The number of carbonyl (C=O) groups is 2. The number of aryl methyl sites for hydroxylation is 1. The molecule has 1 aliphatic rings. The zero-order valence-electron chi connectivity index (χ0n) is 19.1. The van der Waals surface area contributed by atoms with E-state index < -0.39 is 4.92 Å². The smallest absolute Gasteiger partial charge is 0.271 e. The second kappa shape index (κ2) is 10.4. The Hall–Kier alpha value is -3.44. The first-order chi connectivity index (χ1) is 16.8. The van der Waals surface area contributed by atoms with Gasteiger partial charge in [0.1, 0.15) is 0 Å². The van der Waals surface area contributed by atoms with E-state index >= 15 is 0 Å². The molecular weight excluding hydrogens is 492 g/mol. The van der Waals surface area contributed by atoms with E-state index in [1.54, 1.807) is 4.57 Å². The number of hydrogen-bond acceptors (Lipinski definition) is 7. The Morgan fingerprint density at radius 2 is 2.03 bits per heavy atom. The van der Waals surface area contributed by atoms with Crippen molar-refractivity contribution in [2.75, 3.05) is 17.6 Å². The number of nitro benzene ring substituents is 1. The van der Waals surface area contributed by atoms with E-state index in [-0.39, 0.29) is 40.0 Å². The molecule has 35 heavy (non-hydrogen) atoms. The fourth-order valence-corrected chi connectivity index (χ4v) is 4.91. The molecule has 1 unspecified atom stereocenters. The van der Waals surface area contributed by atoms with Crippen LogP contribution in [0, 0.1) is 17.0 Å². The third kappa shape index (κ3) is 5.30. The molecule has 0 radical (unpaired) electrons. The summed E-state index contributed by atoms with van der Waals surface area (Å²) in [6.07, 6.45) is 1.64. The van der Waals surface area contributed by atoms with Gasteiger partial charge in [-0.25, -0.2) is 0 Å². The number of hydrogen-bond donors (Lipinski definition) is 1. The fourth-order valence-electron chi connectivity index (χ4n) is 4.03. The summed E-state index contributed by atoms with van der Waals surface area (Å²) in [6.45, 7) is 2.56. The third-order valence-electron chi connectivity index (χ3n) is 5.82. The number of nitrogens with one attached hydrogen (secondary N) is 1. The maximum absolute atomic E-state index is 13.2. The minimum Gasteiger partial charge on any atom is -0.328 e. The van der Waals surface area contributed by atoms with Crippen LogP contribution >= 0.6 is 23.4 Å². The molecule has 1 aliphatic heterocycles. The van der Waals surface area contributed by atoms with Gasteiger partial charge in [-0.2, -0.15) is 0 Å². The van der Waals surface area contributed by atoms with Crippen LogP contribution in [0.3, 0.4) is 0 Å². The number of carbonyl (C=O) groups excluding carboxylic acids is 2. The third-order valence-corrected chi connectivity index (χ3v) is 7.17. The fraction of sp³-hybridized carbons (Fsp3) is 0.304. The molecule has 0 bridgehead atoms. The van der Waals surface area contributed by atoms with Crippen molar-refractivity contribution in [3.8, 4) is 0 Å². The Bertz CT molecular complexity index is 1300. The predicted molar refractivity (Wildman–Crippen MR) is 133 cm³/mol. The first-order valence-electron chi connectivity index (χ1n) is 10.9. The quantitative estimate of drug-likeness (QED) is 0.281. The molecule has 2 heterocycles. The summed E-state index contributed by atoms with van der Waals surface area (Å²) >= 11 is 7.23. The molecule has 0 saturated carbocycles. The van der Waals surface area contributed by atoms with Crippen molar-refractivity contribution in [3.63, 3.8) is 0 Å². The first-order valence-corrected chi connectivity index (χ1v) is 12.2. The number of amides is 2. The van der Waals surface area contributed by atoms with Crippen LogP contribution in [0.4, 0.5) is 11.4 Å². The van der Waals surface area contributed by atoms with Gasteiger partial charge in [-0.3, -0.25) is 19.7 Å². The Morgan fingerprint density at radius 3 is 2.77 bits per heavy atom. The summed E-state index contributed by atoms with van der Waals surface area (Å²) in [4.78, 5) is 37.9. The molecule has 0 spiro atoms. The second-order valence-corrected chi connectivity index (χ2v) is 9.48. The lowest BCUT2D eigenvalue weighted by Crippen LogP contribution is -2.32. The largest absolute Gasteiger partial charge is 0.328 e. The number of nitro groups is 1. The van der Waals surface area contributed by atoms with Crippen molar-refractivity contribution in [1.82, 2.24) is 19.7 Å². The van der Waals surface area contributed by atoms with Crippen molar-refractivity contribution in [2.24, 2.45) is 7.05 Å². The predicted octanol–water partition coefficient (Wildman–Crippen LogP) is 4.39. The van der Waals surface area contributed by atoms with E-state index in [4.69, 9.17) is 11.6 Å². The van der Waals surface area contributed by atoms with Gasteiger partial charge in [0.25, 0.3) is 11.6 Å². The van der Waals surface area contributed by atoms with Crippen LogP contribution in [0.1, 0.15) is 40.6 Å². The maximum Gasteiger partial charge on any atom is 0.271 e. The van der Waals surface area contributed by atoms with Crippen molar-refractivity contribution in [1.29, 1.82) is 0 Å². The number of halogens is 1. The zero-order valence-corrected chi connectivity index (χ0v) is 20.7. The topological polar surface area (TPSA) is 123 Å². The van der Waals surface area contributed by atoms with Crippen LogP contribution in [-0.2, 0) is 11.8 Å². The second-order valence-electron chi connectivity index (χ2n) is 8.13. The minimum absolute atomic E-state index is 0.00150. The van der Waals surface area contributed by atoms with Crippen LogP contribution in [0.5, 0.6) is 0 Å². The lowest BCUT2D eigenvalue weighted by atomic mass is 10.1. The number of likely N-dealkylation sites (tertiary alicyclic amines) is 1. The Labute approximate surface area is 210 Å². The van der Waals surface area contributed by atoms with E-state index in [2.05, 4.69) is 15.5 Å². The van der Waals surface area contributed by atoms with E-state index in [0.717, 1.165) is 18.4 Å². The van der Waals surface area contributed by atoms with Crippen molar-refractivity contribution >= 4 is 46.6 Å². The number of non-ortho nitro benzene ring substituents is 1. The maximum atomic E-state index is 13.2. The molecule has 2 aromatic carbocycles. The lowest BCUT2D eigenvalue weighted by Gasteiger charge is -2.24. The highest BCUT2D eigenvalue weighted by molar-refractivity contribution is 7.99. The number of thioether (sulfide) groups is 1. The first kappa shape index (κ1) is 24.7. The molecule has 10 nitrogen and oxygen atoms in total. The molecule has 4 rings (SSSR count). The highest BCUT2D eigenvalue weighted by Crippen LogP contribution is 2.34. The number of rotatable bonds is 7. The number of anilines is 1. The SMILES string of the molecule is Cc1ccccc1C(=O)N1CCCC1c1nnc(SCC(=O)Nc2cc([N+](=O)[O-])ccc2Cl)n1C. The molecule has 2 amide bonds. The van der Waals surface area contributed by atoms with Gasteiger partial charge in [0, 0.05) is 31.3 Å². The monoisotopic (exact) mass is 514 g/mol. The molecule has 12 heteroatoms. The van der Waals surface area contributed by atoms with Crippen molar-refractivity contribution in [2.45, 2.75) is 31.0 Å². The van der Waals surface area contributed by atoms with Crippen LogP contribution in [0.2, 0.25) is 5.02 Å². The summed E-state index contributed by atoms with van der Waals surface area (Å²) in [7, 11) is 1.81. The van der Waals surface area contributed by atoms with Gasteiger partial charge in [0.2, 0.25) is 5.91 Å². The zero-order chi connectivity index (χ0) is 25.1. The Balaban J connectivity index is 1.43. The number of nitrogens with zero attached hydrogens (tertiary/aromatic N) is 5. The molecule has 1 aromatic heterocycles. The lowest BCUT2D eigenvalue weighted by molar-refractivity contribution is -0.384. The highest BCUT2D eigenvalue weighted by Gasteiger charge is 2.34. The summed E-state index contributed by atoms with van der Waals surface area (Å²) in [5.74, 6) is 0.242. The summed E-state index contributed by atoms with van der Waals surface area (Å²) in [5, 5.41) is 22.8. The van der Waals surface area contributed by atoms with Gasteiger partial charge in [0.15, 0.2) is 11.0 Å². The number of benzene rings is 2. The average Bonchev–Trinajstić information content (AvgIpc) is 3.45.